The second-order valence-corrected chi connectivity index (χ2v) is 1.40. The minimum Gasteiger partial charge on any atom is -0.307 e. The molecule has 9 heavy (non-hydrogen) atoms. The fourth-order valence-electron chi connectivity index (χ4n) is 0.461. The molecule has 1 heterocycles. The van der Waals surface area contributed by atoms with Gasteiger partial charge in [0.05, 0.1) is 5.69 Å². The third-order valence-electron chi connectivity index (χ3n) is 0.836. The van der Waals surface area contributed by atoms with Crippen molar-refractivity contribution in [2.45, 2.75) is 0 Å². The van der Waals surface area contributed by atoms with Crippen LogP contribution in [0.2, 0.25) is 0 Å². The number of hydrogen-bond donors (Lipinski definition) is 1. The van der Waals surface area contributed by atoms with Crippen molar-refractivity contribution in [3.63, 3.8) is 0 Å². The first kappa shape index (κ1) is 8.31. The van der Waals surface area contributed by atoms with Gasteiger partial charge in [-0.15, -0.1) is 0 Å². The molecule has 1 N–H and O–H groups in total. The molecule has 3 heteroatoms. The number of nitrogens with one attached hydrogen (secondary N) is 1. The van der Waals surface area contributed by atoms with E-state index in [0.29, 0.717) is 5.69 Å². The summed E-state index contributed by atoms with van der Waals surface area (Å²) < 4.78 is 0. The van der Waals surface area contributed by atoms with Gasteiger partial charge in [0.25, 0.3) is 0 Å². The zero-order chi connectivity index (χ0) is 5.82. The molecule has 0 fully saturated rings. The van der Waals surface area contributed by atoms with Gasteiger partial charge in [-0.05, 0) is 12.1 Å². The molecule has 0 radical (unpaired) electrons. The van der Waals surface area contributed by atoms with Gasteiger partial charge in [0.15, 0.2) is 0 Å². The predicted octanol–water partition coefficient (Wildman–Crippen LogP) is 1.08. The Balaban J connectivity index is 0.000000640. The zero-order valence-electron chi connectivity index (χ0n) is 4.65. The molecule has 0 unspecified atom stereocenters. The zero-order valence-corrected chi connectivity index (χ0v) is 5.64. The van der Waals surface area contributed by atoms with Crippen molar-refractivity contribution in [1.29, 1.82) is 5.41 Å². The Morgan fingerprint density at radius 3 is 2.56 bits per heavy atom. The van der Waals surface area contributed by atoms with E-state index < -0.39 is 0 Å². The summed E-state index contributed by atoms with van der Waals surface area (Å²) in [6.45, 7) is 0. The largest absolute Gasteiger partial charge is 0.307 e. The fourth-order valence-corrected chi connectivity index (χ4v) is 0.461. The molecule has 0 aliphatic carbocycles. The number of aromatic nitrogens is 1. The summed E-state index contributed by atoms with van der Waals surface area (Å²) in [6.07, 6.45) is 2.89. The summed E-state index contributed by atoms with van der Waals surface area (Å²) in [5, 5.41) is 6.76. The third kappa shape index (κ3) is 2.38. The molecule has 0 saturated heterocycles. The van der Waals surface area contributed by atoms with Gasteiger partial charge in [-0.1, -0.05) is 6.07 Å². The molecule has 0 aliphatic rings. The number of rotatable bonds is 1. The maximum absolute atomic E-state index is 6.76. The summed E-state index contributed by atoms with van der Waals surface area (Å²) in [5.74, 6) is 0. The fraction of sp³-hybridized carbons (Fsp3) is 0. The van der Waals surface area contributed by atoms with Gasteiger partial charge in [-0.25, -0.2) is 0 Å². The molecular formula is C6H6N2Ni. The van der Waals surface area contributed by atoms with E-state index in [1.165, 1.54) is 6.21 Å². The van der Waals surface area contributed by atoms with E-state index in [0.717, 1.165) is 0 Å². The van der Waals surface area contributed by atoms with Crippen molar-refractivity contribution in [3.8, 4) is 0 Å². The Morgan fingerprint density at radius 1 is 1.44 bits per heavy atom. The minimum atomic E-state index is 0. The predicted molar refractivity (Wildman–Crippen MR) is 32.1 cm³/mol. The van der Waals surface area contributed by atoms with Crippen LogP contribution in [-0.2, 0) is 16.5 Å². The SMILES string of the molecule is N=Cc1ccccn1.[Ni]. The van der Waals surface area contributed by atoms with Crippen LogP contribution >= 0.6 is 0 Å². The maximum Gasteiger partial charge on any atom is 0.0805 e. The number of hydrogen-bond acceptors (Lipinski definition) is 2. The Morgan fingerprint density at radius 2 is 2.22 bits per heavy atom. The van der Waals surface area contributed by atoms with Gasteiger partial charge in [-0.3, -0.25) is 4.98 Å². The first-order valence-electron chi connectivity index (χ1n) is 2.35. The Hall–Kier alpha value is -0.686. The van der Waals surface area contributed by atoms with Gasteiger partial charge in [0.2, 0.25) is 0 Å². The van der Waals surface area contributed by atoms with Crippen LogP contribution in [-0.4, -0.2) is 11.2 Å². The van der Waals surface area contributed by atoms with Crippen molar-refractivity contribution in [2.24, 2.45) is 0 Å². The average Bonchev–Trinajstić information content (AvgIpc) is 1.90. The van der Waals surface area contributed by atoms with Crippen LogP contribution in [0.3, 0.4) is 0 Å². The topological polar surface area (TPSA) is 36.7 Å². The van der Waals surface area contributed by atoms with Crippen molar-refractivity contribution < 1.29 is 16.5 Å². The van der Waals surface area contributed by atoms with Crippen LogP contribution in [0.5, 0.6) is 0 Å². The molecule has 0 aromatic carbocycles. The molecule has 50 valence electrons. The standard InChI is InChI=1S/C6H6N2.Ni/c7-5-6-3-1-2-4-8-6;/h1-5,7H;. The molecule has 0 bridgehead atoms. The Kier molecular flexibility index (Phi) is 3.90. The van der Waals surface area contributed by atoms with E-state index in [2.05, 4.69) is 4.98 Å². The molecule has 0 aliphatic heterocycles. The van der Waals surface area contributed by atoms with Gasteiger partial charge in [-0.2, -0.15) is 0 Å². The van der Waals surface area contributed by atoms with Gasteiger partial charge >= 0.3 is 0 Å². The van der Waals surface area contributed by atoms with Crippen LogP contribution in [0.1, 0.15) is 5.69 Å². The summed E-state index contributed by atoms with van der Waals surface area (Å²) in [5.41, 5.74) is 0.701. The van der Waals surface area contributed by atoms with Crippen molar-refractivity contribution >= 4 is 6.21 Å². The van der Waals surface area contributed by atoms with Crippen LogP contribution in [0.15, 0.2) is 24.4 Å². The molecule has 1 aromatic rings. The molecule has 2 nitrogen and oxygen atoms in total. The van der Waals surface area contributed by atoms with E-state index >= 15 is 0 Å². The molecule has 0 atom stereocenters. The first-order chi connectivity index (χ1) is 3.93. The summed E-state index contributed by atoms with van der Waals surface area (Å²) in [4.78, 5) is 3.85. The van der Waals surface area contributed by atoms with Crippen molar-refractivity contribution in [3.05, 3.63) is 30.1 Å². The van der Waals surface area contributed by atoms with E-state index in [1.807, 2.05) is 12.1 Å². The van der Waals surface area contributed by atoms with Crippen LogP contribution in [0.25, 0.3) is 0 Å². The second kappa shape index (κ2) is 4.22. The van der Waals surface area contributed by atoms with Crippen LogP contribution in [0.4, 0.5) is 0 Å². The molecule has 0 amide bonds. The van der Waals surface area contributed by atoms with Crippen LogP contribution in [0, 0.1) is 5.41 Å². The van der Waals surface area contributed by atoms with Crippen molar-refractivity contribution in [2.75, 3.05) is 0 Å². The average molecular weight is 165 g/mol. The quantitative estimate of drug-likeness (QED) is 0.490. The van der Waals surface area contributed by atoms with Gasteiger partial charge < -0.3 is 5.41 Å². The monoisotopic (exact) mass is 164 g/mol. The third-order valence-corrected chi connectivity index (χ3v) is 0.836. The molecule has 1 rings (SSSR count). The summed E-state index contributed by atoms with van der Waals surface area (Å²) in [7, 11) is 0. The minimum absolute atomic E-state index is 0. The summed E-state index contributed by atoms with van der Waals surface area (Å²) in [6, 6.07) is 5.47. The van der Waals surface area contributed by atoms with E-state index in [1.54, 1.807) is 12.3 Å². The maximum atomic E-state index is 6.76. The second-order valence-electron chi connectivity index (χ2n) is 1.40. The first-order valence-corrected chi connectivity index (χ1v) is 2.35. The van der Waals surface area contributed by atoms with Crippen LogP contribution < -0.4 is 0 Å². The molecule has 1 aromatic heterocycles. The van der Waals surface area contributed by atoms with Crippen molar-refractivity contribution in [1.82, 2.24) is 4.98 Å². The van der Waals surface area contributed by atoms with E-state index in [-0.39, 0.29) is 16.5 Å². The molecule has 0 saturated carbocycles. The number of nitrogens with zero attached hydrogens (tertiary/aromatic N) is 1. The Bertz CT molecular complexity index is 174. The summed E-state index contributed by atoms with van der Waals surface area (Å²) >= 11 is 0. The van der Waals surface area contributed by atoms with E-state index in [4.69, 9.17) is 5.41 Å². The normalized spacial score (nSPS) is 7.56. The van der Waals surface area contributed by atoms with E-state index in [9.17, 15) is 0 Å². The molecular weight excluding hydrogens is 159 g/mol. The Labute approximate surface area is 63.7 Å². The van der Waals surface area contributed by atoms with Gasteiger partial charge in [0, 0.05) is 28.9 Å². The molecule has 0 spiro atoms. The van der Waals surface area contributed by atoms with Gasteiger partial charge in [0.1, 0.15) is 0 Å². The smallest absolute Gasteiger partial charge is 0.0805 e. The number of pyridine rings is 1.